The maximum atomic E-state index is 12.8. The monoisotopic (exact) mass is 449 g/mol. The number of carbonyl (C=O) groups excluding carboxylic acids is 3. The van der Waals surface area contributed by atoms with Gasteiger partial charge in [-0.1, -0.05) is 44.2 Å². The molecule has 2 amide bonds. The number of azo groups is 1. The number of hydrazone groups is 1. The van der Waals surface area contributed by atoms with E-state index in [0.717, 1.165) is 0 Å². The van der Waals surface area contributed by atoms with E-state index in [0.29, 0.717) is 22.6 Å². The molecule has 0 saturated heterocycles. The van der Waals surface area contributed by atoms with Crippen LogP contribution in [0.5, 0.6) is 0 Å². The van der Waals surface area contributed by atoms with E-state index in [4.69, 9.17) is 4.74 Å². The van der Waals surface area contributed by atoms with Crippen molar-refractivity contribution in [2.75, 3.05) is 11.6 Å². The highest BCUT2D eigenvalue weighted by molar-refractivity contribution is 6.18. The number of ether oxygens (including phenoxy) is 1. The fourth-order valence-electron chi connectivity index (χ4n) is 3.02. The standard InChI is InChI=1S/C24H27N5O4/c1-15(2)24(32)33-16(3)14-25-22(30)19-12-8-9-13-20(19)26-27-21-17(4)28-29(23(21)31)18-10-6-5-7-11-18/h5-13,15-16,21H,14H2,1-4H3,(H,25,30). The Labute approximate surface area is 192 Å². The third-order valence-corrected chi connectivity index (χ3v) is 4.87. The van der Waals surface area contributed by atoms with Crippen molar-refractivity contribution in [1.82, 2.24) is 5.32 Å². The predicted octanol–water partition coefficient (Wildman–Crippen LogP) is 3.88. The first-order valence-electron chi connectivity index (χ1n) is 10.7. The van der Waals surface area contributed by atoms with Gasteiger partial charge in [-0.25, -0.2) is 0 Å². The Morgan fingerprint density at radius 3 is 2.45 bits per heavy atom. The number of esters is 1. The number of benzene rings is 2. The molecular formula is C24H27N5O4. The van der Waals surface area contributed by atoms with Crippen molar-refractivity contribution in [3.63, 3.8) is 0 Å². The van der Waals surface area contributed by atoms with Crippen molar-refractivity contribution >= 4 is 34.9 Å². The van der Waals surface area contributed by atoms with Crippen LogP contribution in [-0.4, -0.2) is 42.2 Å². The van der Waals surface area contributed by atoms with Crippen LogP contribution in [0.15, 0.2) is 69.9 Å². The van der Waals surface area contributed by atoms with E-state index in [9.17, 15) is 14.4 Å². The van der Waals surface area contributed by atoms with Crippen LogP contribution in [0.3, 0.4) is 0 Å². The van der Waals surface area contributed by atoms with Crippen molar-refractivity contribution in [3.05, 3.63) is 60.2 Å². The van der Waals surface area contributed by atoms with Crippen LogP contribution in [0.1, 0.15) is 38.1 Å². The van der Waals surface area contributed by atoms with Crippen LogP contribution in [0.4, 0.5) is 11.4 Å². The summed E-state index contributed by atoms with van der Waals surface area (Å²) >= 11 is 0. The molecule has 0 fully saturated rings. The van der Waals surface area contributed by atoms with Gasteiger partial charge in [0.2, 0.25) is 0 Å². The van der Waals surface area contributed by atoms with Gasteiger partial charge in [0.15, 0.2) is 6.04 Å². The van der Waals surface area contributed by atoms with E-state index in [2.05, 4.69) is 20.6 Å². The first-order valence-corrected chi connectivity index (χ1v) is 10.7. The molecule has 0 aliphatic carbocycles. The molecule has 3 rings (SSSR count). The topological polar surface area (TPSA) is 113 Å². The lowest BCUT2D eigenvalue weighted by Crippen LogP contribution is -2.34. The van der Waals surface area contributed by atoms with E-state index in [1.54, 1.807) is 64.1 Å². The molecule has 1 heterocycles. The van der Waals surface area contributed by atoms with Crippen molar-refractivity contribution in [2.24, 2.45) is 21.2 Å². The second kappa shape index (κ2) is 10.6. The molecule has 2 atom stereocenters. The van der Waals surface area contributed by atoms with Gasteiger partial charge in [-0.15, -0.1) is 0 Å². The zero-order chi connectivity index (χ0) is 24.0. The average Bonchev–Trinajstić information content (AvgIpc) is 3.09. The van der Waals surface area contributed by atoms with Crippen molar-refractivity contribution in [3.8, 4) is 0 Å². The molecule has 172 valence electrons. The number of nitrogens with zero attached hydrogens (tertiary/aromatic N) is 4. The predicted molar refractivity (Wildman–Crippen MR) is 125 cm³/mol. The molecule has 1 aliphatic heterocycles. The van der Waals surface area contributed by atoms with Gasteiger partial charge in [0.1, 0.15) is 6.10 Å². The average molecular weight is 450 g/mol. The van der Waals surface area contributed by atoms with Crippen molar-refractivity contribution in [1.29, 1.82) is 0 Å². The normalized spacial score (nSPS) is 16.8. The molecule has 9 heteroatoms. The van der Waals surface area contributed by atoms with Gasteiger partial charge in [0.05, 0.1) is 35.1 Å². The van der Waals surface area contributed by atoms with Crippen molar-refractivity contribution in [2.45, 2.75) is 39.8 Å². The molecule has 9 nitrogen and oxygen atoms in total. The minimum atomic E-state index is -0.864. The highest BCUT2D eigenvalue weighted by Crippen LogP contribution is 2.24. The van der Waals surface area contributed by atoms with Crippen molar-refractivity contribution < 1.29 is 19.1 Å². The Balaban J connectivity index is 1.68. The Bertz CT molecular complexity index is 1080. The lowest BCUT2D eigenvalue weighted by atomic mass is 10.1. The Morgan fingerprint density at radius 1 is 1.09 bits per heavy atom. The highest BCUT2D eigenvalue weighted by Gasteiger charge is 2.34. The third kappa shape index (κ3) is 5.88. The molecule has 0 radical (unpaired) electrons. The first kappa shape index (κ1) is 23.8. The lowest BCUT2D eigenvalue weighted by Gasteiger charge is -2.16. The summed E-state index contributed by atoms with van der Waals surface area (Å²) in [6, 6.07) is 14.9. The number of anilines is 1. The number of amides is 2. The molecule has 0 aromatic heterocycles. The first-order chi connectivity index (χ1) is 15.8. The van der Waals surface area contributed by atoms with Crippen LogP contribution < -0.4 is 10.3 Å². The molecule has 1 N–H and O–H groups in total. The number of hydrogen-bond acceptors (Lipinski definition) is 7. The minimum absolute atomic E-state index is 0.154. The van der Waals surface area contributed by atoms with Crippen LogP contribution in [0.2, 0.25) is 0 Å². The van der Waals surface area contributed by atoms with Gasteiger partial charge in [-0.3, -0.25) is 14.4 Å². The molecule has 2 aromatic carbocycles. The molecule has 0 saturated carbocycles. The van der Waals surface area contributed by atoms with Crippen LogP contribution >= 0.6 is 0 Å². The number of hydrogen-bond donors (Lipinski definition) is 1. The SMILES string of the molecule is CC1=NN(c2ccccc2)C(=O)C1N=Nc1ccccc1C(=O)NCC(C)OC(=O)C(C)C. The Morgan fingerprint density at radius 2 is 1.76 bits per heavy atom. The number of carbonyl (C=O) groups is 3. The summed E-state index contributed by atoms with van der Waals surface area (Å²) in [6.45, 7) is 7.06. The quantitative estimate of drug-likeness (QED) is 0.487. The zero-order valence-electron chi connectivity index (χ0n) is 19.1. The second-order valence-corrected chi connectivity index (χ2v) is 7.97. The third-order valence-electron chi connectivity index (χ3n) is 4.87. The summed E-state index contributed by atoms with van der Waals surface area (Å²) in [5.41, 5.74) is 1.77. The number of nitrogens with one attached hydrogen (secondary N) is 1. The maximum Gasteiger partial charge on any atom is 0.308 e. The minimum Gasteiger partial charge on any atom is -0.461 e. The Hall–Kier alpha value is -3.88. The van der Waals surface area contributed by atoms with Gasteiger partial charge in [0, 0.05) is 0 Å². The fourth-order valence-corrected chi connectivity index (χ4v) is 3.02. The molecule has 2 aromatic rings. The second-order valence-electron chi connectivity index (χ2n) is 7.97. The summed E-state index contributed by atoms with van der Waals surface area (Å²) in [5, 5.41) is 16.7. The van der Waals surface area contributed by atoms with E-state index in [1.807, 2.05) is 18.2 Å². The maximum absolute atomic E-state index is 12.8. The Kier molecular flexibility index (Phi) is 7.66. The summed E-state index contributed by atoms with van der Waals surface area (Å²) in [6.07, 6.45) is -0.475. The summed E-state index contributed by atoms with van der Waals surface area (Å²) in [7, 11) is 0. The summed E-state index contributed by atoms with van der Waals surface area (Å²) in [4.78, 5) is 37.2. The van der Waals surface area contributed by atoms with Gasteiger partial charge in [0.25, 0.3) is 11.8 Å². The lowest BCUT2D eigenvalue weighted by molar-refractivity contribution is -0.151. The largest absolute Gasteiger partial charge is 0.461 e. The van der Waals surface area contributed by atoms with E-state index in [-0.39, 0.29) is 30.2 Å². The van der Waals surface area contributed by atoms with Crippen LogP contribution in [0, 0.1) is 5.92 Å². The van der Waals surface area contributed by atoms with Gasteiger partial charge in [-0.2, -0.15) is 20.3 Å². The van der Waals surface area contributed by atoms with E-state index < -0.39 is 12.1 Å². The molecule has 2 unspecified atom stereocenters. The van der Waals surface area contributed by atoms with E-state index >= 15 is 0 Å². The summed E-state index contributed by atoms with van der Waals surface area (Å²) < 4.78 is 5.26. The molecule has 1 aliphatic rings. The fraction of sp³-hybridized carbons (Fsp3) is 0.333. The van der Waals surface area contributed by atoms with E-state index in [1.165, 1.54) is 5.01 Å². The van der Waals surface area contributed by atoms with Gasteiger partial charge >= 0.3 is 5.97 Å². The highest BCUT2D eigenvalue weighted by atomic mass is 16.5. The molecular weight excluding hydrogens is 422 g/mol. The number of para-hydroxylation sites is 1. The van der Waals surface area contributed by atoms with Gasteiger partial charge in [-0.05, 0) is 38.1 Å². The summed E-state index contributed by atoms with van der Waals surface area (Å²) in [5.74, 6) is -1.27. The van der Waals surface area contributed by atoms with Gasteiger partial charge < -0.3 is 10.1 Å². The smallest absolute Gasteiger partial charge is 0.308 e. The zero-order valence-corrected chi connectivity index (χ0v) is 19.1. The molecule has 33 heavy (non-hydrogen) atoms. The van der Waals surface area contributed by atoms with Crippen LogP contribution in [0.25, 0.3) is 0 Å². The number of rotatable bonds is 8. The van der Waals surface area contributed by atoms with Crippen LogP contribution in [-0.2, 0) is 14.3 Å². The molecule has 0 spiro atoms. The molecule has 0 bridgehead atoms.